The first-order valence-corrected chi connectivity index (χ1v) is 8.90. The molecule has 138 valence electrons. The van der Waals surface area contributed by atoms with Gasteiger partial charge in [-0.05, 0) is 42.0 Å². The van der Waals surface area contributed by atoms with Crippen molar-refractivity contribution in [3.05, 3.63) is 102 Å². The summed E-state index contributed by atoms with van der Waals surface area (Å²) in [6.45, 7) is 0.623. The molecule has 2 aromatic heterocycles. The Morgan fingerprint density at radius 2 is 1.79 bits per heavy atom. The lowest BCUT2D eigenvalue weighted by molar-refractivity contribution is -0.111. The van der Waals surface area contributed by atoms with Crippen molar-refractivity contribution < 1.29 is 9.18 Å². The number of anilines is 1. The fourth-order valence-corrected chi connectivity index (χ4v) is 3.11. The predicted octanol–water partition coefficient (Wildman–Crippen LogP) is 4.88. The molecule has 0 unspecified atom stereocenters. The number of carbonyl (C=O) groups is 1. The van der Waals surface area contributed by atoms with E-state index in [4.69, 9.17) is 0 Å². The minimum atomic E-state index is -0.245. The van der Waals surface area contributed by atoms with Crippen molar-refractivity contribution in [1.82, 2.24) is 9.55 Å². The summed E-state index contributed by atoms with van der Waals surface area (Å²) in [6.07, 6.45) is 8.58. The van der Waals surface area contributed by atoms with Gasteiger partial charge in [0.25, 0.3) is 0 Å². The summed E-state index contributed by atoms with van der Waals surface area (Å²) in [5.74, 6) is -0.452. The average Bonchev–Trinajstić information content (AvgIpc) is 3.07. The number of para-hydroxylation sites is 1. The first kappa shape index (κ1) is 17.7. The molecule has 0 spiro atoms. The van der Waals surface area contributed by atoms with Gasteiger partial charge in [-0.15, -0.1) is 0 Å². The van der Waals surface area contributed by atoms with Gasteiger partial charge in [-0.3, -0.25) is 9.78 Å². The van der Waals surface area contributed by atoms with Crippen LogP contribution in [0.4, 0.5) is 10.1 Å². The Morgan fingerprint density at radius 1 is 1.04 bits per heavy atom. The van der Waals surface area contributed by atoms with Crippen molar-refractivity contribution in [3.8, 4) is 0 Å². The van der Waals surface area contributed by atoms with E-state index in [9.17, 15) is 9.18 Å². The van der Waals surface area contributed by atoms with Crippen molar-refractivity contribution in [3.63, 3.8) is 0 Å². The van der Waals surface area contributed by atoms with Gasteiger partial charge in [0.1, 0.15) is 5.82 Å². The van der Waals surface area contributed by atoms with Crippen LogP contribution < -0.4 is 5.32 Å². The Balaban J connectivity index is 1.59. The number of hydrogen-bond donors (Lipinski definition) is 1. The zero-order valence-electron chi connectivity index (χ0n) is 15.0. The van der Waals surface area contributed by atoms with E-state index in [0.29, 0.717) is 12.2 Å². The summed E-state index contributed by atoms with van der Waals surface area (Å²) in [5, 5.41) is 3.86. The van der Waals surface area contributed by atoms with Gasteiger partial charge in [-0.1, -0.05) is 30.3 Å². The summed E-state index contributed by atoms with van der Waals surface area (Å²) < 4.78 is 15.3. The highest BCUT2D eigenvalue weighted by molar-refractivity contribution is 6.03. The van der Waals surface area contributed by atoms with E-state index >= 15 is 0 Å². The van der Waals surface area contributed by atoms with E-state index in [1.54, 1.807) is 42.7 Å². The topological polar surface area (TPSA) is 46.9 Å². The van der Waals surface area contributed by atoms with E-state index in [2.05, 4.69) is 14.9 Å². The second-order valence-electron chi connectivity index (χ2n) is 6.41. The lowest BCUT2D eigenvalue weighted by atomic mass is 10.1. The number of fused-ring (bicyclic) bond motifs is 1. The van der Waals surface area contributed by atoms with E-state index in [-0.39, 0.29) is 11.7 Å². The number of halogens is 1. The second kappa shape index (κ2) is 7.88. The number of carbonyl (C=O) groups excluding carboxylic acids is 1. The summed E-state index contributed by atoms with van der Waals surface area (Å²) >= 11 is 0. The Hall–Kier alpha value is -3.73. The second-order valence-corrected chi connectivity index (χ2v) is 6.41. The number of pyridine rings is 1. The maximum absolute atomic E-state index is 13.2. The number of nitrogens with zero attached hydrogens (tertiary/aromatic N) is 2. The van der Waals surface area contributed by atoms with Crippen molar-refractivity contribution in [1.29, 1.82) is 0 Å². The number of aromatic nitrogens is 2. The van der Waals surface area contributed by atoms with E-state index in [1.165, 1.54) is 18.2 Å². The van der Waals surface area contributed by atoms with Gasteiger partial charge < -0.3 is 9.88 Å². The van der Waals surface area contributed by atoms with Crippen molar-refractivity contribution in [2.24, 2.45) is 0 Å². The number of benzene rings is 2. The SMILES string of the molecule is O=C(C=Cc1cn(Cc2ccc(F)cc2)c2ccccc12)Nc1ccncc1. The molecular formula is C23H18FN3O. The maximum atomic E-state index is 13.2. The normalized spacial score (nSPS) is 11.2. The summed E-state index contributed by atoms with van der Waals surface area (Å²) in [7, 11) is 0. The average molecular weight is 371 g/mol. The van der Waals surface area contributed by atoms with Gasteiger partial charge in [0.15, 0.2) is 0 Å². The minimum absolute atomic E-state index is 0.207. The zero-order valence-corrected chi connectivity index (χ0v) is 15.0. The molecule has 0 aliphatic heterocycles. The minimum Gasteiger partial charge on any atom is -0.342 e. The fraction of sp³-hybridized carbons (Fsp3) is 0.0435. The summed E-state index contributed by atoms with van der Waals surface area (Å²) in [6, 6.07) is 18.0. The van der Waals surface area contributed by atoms with Crippen LogP contribution in [0.3, 0.4) is 0 Å². The van der Waals surface area contributed by atoms with Gasteiger partial charge in [0.2, 0.25) is 5.91 Å². The lowest BCUT2D eigenvalue weighted by Crippen LogP contribution is -2.07. The highest BCUT2D eigenvalue weighted by Gasteiger charge is 2.07. The molecule has 2 aromatic carbocycles. The highest BCUT2D eigenvalue weighted by atomic mass is 19.1. The third-order valence-electron chi connectivity index (χ3n) is 4.45. The third-order valence-corrected chi connectivity index (χ3v) is 4.45. The van der Waals surface area contributed by atoms with Crippen molar-refractivity contribution in [2.45, 2.75) is 6.54 Å². The molecule has 4 nitrogen and oxygen atoms in total. The zero-order chi connectivity index (χ0) is 19.3. The smallest absolute Gasteiger partial charge is 0.248 e. The maximum Gasteiger partial charge on any atom is 0.248 e. The molecule has 0 aliphatic rings. The third kappa shape index (κ3) is 3.99. The van der Waals surface area contributed by atoms with Crippen LogP contribution in [0.15, 0.2) is 85.3 Å². The molecule has 0 atom stereocenters. The van der Waals surface area contributed by atoms with Gasteiger partial charge in [-0.2, -0.15) is 0 Å². The van der Waals surface area contributed by atoms with Crippen LogP contribution in [0.5, 0.6) is 0 Å². The molecule has 4 aromatic rings. The van der Waals surface area contributed by atoms with Crippen LogP contribution in [0.2, 0.25) is 0 Å². The first-order chi connectivity index (χ1) is 13.7. The fourth-order valence-electron chi connectivity index (χ4n) is 3.11. The molecule has 1 amide bonds. The van der Waals surface area contributed by atoms with Gasteiger partial charge in [0.05, 0.1) is 0 Å². The Labute approximate surface area is 162 Å². The largest absolute Gasteiger partial charge is 0.342 e. The number of rotatable bonds is 5. The lowest BCUT2D eigenvalue weighted by Gasteiger charge is -2.05. The molecule has 1 N–H and O–H groups in total. The number of amides is 1. The predicted molar refractivity (Wildman–Crippen MR) is 109 cm³/mol. The van der Waals surface area contributed by atoms with E-state index in [1.807, 2.05) is 30.5 Å². The Kier molecular flexibility index (Phi) is 4.97. The molecule has 0 saturated carbocycles. The Morgan fingerprint density at radius 3 is 2.57 bits per heavy atom. The van der Waals surface area contributed by atoms with Crippen LogP contribution in [-0.4, -0.2) is 15.5 Å². The van der Waals surface area contributed by atoms with Crippen LogP contribution >= 0.6 is 0 Å². The first-order valence-electron chi connectivity index (χ1n) is 8.90. The van der Waals surface area contributed by atoms with E-state index < -0.39 is 0 Å². The Bertz CT molecular complexity index is 1130. The summed E-state index contributed by atoms with van der Waals surface area (Å²) in [5.41, 5.74) is 3.71. The van der Waals surface area contributed by atoms with Crippen molar-refractivity contribution in [2.75, 3.05) is 5.32 Å². The molecule has 0 aliphatic carbocycles. The monoisotopic (exact) mass is 371 g/mol. The molecule has 2 heterocycles. The van der Waals surface area contributed by atoms with E-state index in [0.717, 1.165) is 22.0 Å². The quantitative estimate of drug-likeness (QED) is 0.509. The van der Waals surface area contributed by atoms with Crippen LogP contribution in [-0.2, 0) is 11.3 Å². The van der Waals surface area contributed by atoms with Gasteiger partial charge >= 0.3 is 0 Å². The van der Waals surface area contributed by atoms with Crippen molar-refractivity contribution >= 4 is 28.6 Å². The highest BCUT2D eigenvalue weighted by Crippen LogP contribution is 2.23. The molecule has 4 rings (SSSR count). The van der Waals surface area contributed by atoms with Crippen LogP contribution in [0.1, 0.15) is 11.1 Å². The molecule has 0 radical (unpaired) electrons. The summed E-state index contributed by atoms with van der Waals surface area (Å²) in [4.78, 5) is 16.1. The molecule has 5 heteroatoms. The molecule has 0 saturated heterocycles. The number of nitrogens with one attached hydrogen (secondary N) is 1. The number of hydrogen-bond acceptors (Lipinski definition) is 2. The molecule has 28 heavy (non-hydrogen) atoms. The molecular weight excluding hydrogens is 353 g/mol. The molecule has 0 fully saturated rings. The van der Waals surface area contributed by atoms with Crippen LogP contribution in [0.25, 0.3) is 17.0 Å². The van der Waals surface area contributed by atoms with Gasteiger partial charge in [-0.25, -0.2) is 4.39 Å². The molecule has 0 bridgehead atoms. The standard InChI is InChI=1S/C23H18FN3O/c24-19-8-5-17(6-9-19)15-27-16-18(21-3-1-2-4-22(21)27)7-10-23(28)26-20-11-13-25-14-12-20/h1-14,16H,15H2,(H,25,26,28). The van der Waals surface area contributed by atoms with Gasteiger partial charge in [0, 0.05) is 53.4 Å². The van der Waals surface area contributed by atoms with Crippen LogP contribution in [0, 0.1) is 5.82 Å².